The van der Waals surface area contributed by atoms with Gasteiger partial charge in [-0.2, -0.15) is 9.61 Å². The van der Waals surface area contributed by atoms with Crippen LogP contribution < -0.4 is 14.2 Å². The van der Waals surface area contributed by atoms with Gasteiger partial charge in [-0.05, 0) is 36.8 Å². The number of nitrogens with zero attached hydrogens (tertiary/aromatic N) is 4. The first kappa shape index (κ1) is 17.3. The van der Waals surface area contributed by atoms with Gasteiger partial charge in [0.25, 0.3) is 0 Å². The van der Waals surface area contributed by atoms with E-state index in [1.807, 2.05) is 49.4 Å². The molecule has 0 bridgehead atoms. The third kappa shape index (κ3) is 3.31. The first-order chi connectivity index (χ1) is 13.2. The topological polar surface area (TPSA) is 70.8 Å². The van der Waals surface area contributed by atoms with Gasteiger partial charge >= 0.3 is 0 Å². The Balaban J connectivity index is 1.62. The van der Waals surface area contributed by atoms with Crippen molar-refractivity contribution in [1.82, 2.24) is 19.8 Å². The molecule has 0 atom stereocenters. The molecule has 0 aliphatic carbocycles. The molecule has 0 fully saturated rings. The average Bonchev–Trinajstić information content (AvgIpc) is 3.27. The third-order valence-electron chi connectivity index (χ3n) is 4.12. The fraction of sp³-hybridized carbons (Fsp3) is 0.211. The number of benzene rings is 2. The van der Waals surface area contributed by atoms with Gasteiger partial charge in [0, 0.05) is 5.56 Å². The van der Waals surface area contributed by atoms with Crippen LogP contribution in [-0.4, -0.2) is 34.0 Å². The predicted molar refractivity (Wildman–Crippen MR) is 103 cm³/mol. The second kappa shape index (κ2) is 7.24. The molecule has 138 valence electrons. The standard InChI is InChI=1S/C19H18N4O3S/c1-12-6-4-5-7-14(12)26-11-17-22-23-18(20-21-19(23)27-17)13-8-9-15(24-2)16(10-13)25-3/h4-10H,11H2,1-3H3. The molecule has 0 N–H and O–H groups in total. The molecule has 27 heavy (non-hydrogen) atoms. The molecular formula is C19H18N4O3S. The molecule has 0 aliphatic heterocycles. The van der Waals surface area contributed by atoms with Gasteiger partial charge in [-0.3, -0.25) is 0 Å². The number of aromatic nitrogens is 4. The van der Waals surface area contributed by atoms with Crippen molar-refractivity contribution in [2.75, 3.05) is 14.2 Å². The van der Waals surface area contributed by atoms with E-state index in [2.05, 4.69) is 15.3 Å². The lowest BCUT2D eigenvalue weighted by molar-refractivity contribution is 0.302. The lowest BCUT2D eigenvalue weighted by Crippen LogP contribution is -1.99. The van der Waals surface area contributed by atoms with Crippen LogP contribution in [0.15, 0.2) is 42.5 Å². The van der Waals surface area contributed by atoms with Crippen molar-refractivity contribution in [2.24, 2.45) is 0 Å². The molecule has 8 heteroatoms. The number of hydrogen-bond donors (Lipinski definition) is 0. The summed E-state index contributed by atoms with van der Waals surface area (Å²) in [6.07, 6.45) is 0. The highest BCUT2D eigenvalue weighted by atomic mass is 32.1. The summed E-state index contributed by atoms with van der Waals surface area (Å²) in [7, 11) is 3.21. The fourth-order valence-corrected chi connectivity index (χ4v) is 3.47. The van der Waals surface area contributed by atoms with E-state index in [1.54, 1.807) is 18.7 Å². The predicted octanol–water partition coefficient (Wildman–Crippen LogP) is 3.76. The monoisotopic (exact) mass is 382 g/mol. The fourth-order valence-electron chi connectivity index (χ4n) is 2.73. The first-order valence-corrected chi connectivity index (χ1v) is 9.13. The third-order valence-corrected chi connectivity index (χ3v) is 4.99. The summed E-state index contributed by atoms with van der Waals surface area (Å²) in [5.41, 5.74) is 1.93. The van der Waals surface area contributed by atoms with Crippen molar-refractivity contribution in [3.05, 3.63) is 53.0 Å². The van der Waals surface area contributed by atoms with Crippen LogP contribution in [0, 0.1) is 6.92 Å². The number of rotatable bonds is 6. The van der Waals surface area contributed by atoms with Crippen LogP contribution in [-0.2, 0) is 6.61 Å². The van der Waals surface area contributed by atoms with E-state index in [0.29, 0.717) is 28.9 Å². The maximum Gasteiger partial charge on any atom is 0.235 e. The highest BCUT2D eigenvalue weighted by Crippen LogP contribution is 2.32. The van der Waals surface area contributed by atoms with E-state index in [4.69, 9.17) is 14.2 Å². The summed E-state index contributed by atoms with van der Waals surface area (Å²) in [4.78, 5) is 0.711. The Hall–Kier alpha value is -3.13. The van der Waals surface area contributed by atoms with E-state index >= 15 is 0 Å². The van der Waals surface area contributed by atoms with E-state index in [-0.39, 0.29) is 0 Å². The molecule has 2 aromatic carbocycles. The van der Waals surface area contributed by atoms with Crippen LogP contribution in [0.1, 0.15) is 10.6 Å². The minimum Gasteiger partial charge on any atom is -0.493 e. The van der Waals surface area contributed by atoms with Gasteiger partial charge < -0.3 is 14.2 Å². The first-order valence-electron chi connectivity index (χ1n) is 8.31. The SMILES string of the molecule is COc1ccc(-c2nnc3sc(COc4ccccc4C)nn23)cc1OC. The largest absolute Gasteiger partial charge is 0.493 e. The van der Waals surface area contributed by atoms with Gasteiger partial charge in [0.1, 0.15) is 12.4 Å². The van der Waals surface area contributed by atoms with Gasteiger partial charge in [0.2, 0.25) is 4.96 Å². The van der Waals surface area contributed by atoms with Gasteiger partial charge in [0.15, 0.2) is 22.3 Å². The summed E-state index contributed by atoms with van der Waals surface area (Å²) in [5, 5.41) is 13.9. The number of para-hydroxylation sites is 1. The van der Waals surface area contributed by atoms with Gasteiger partial charge in [-0.15, -0.1) is 10.2 Å². The Morgan fingerprint density at radius 3 is 2.56 bits per heavy atom. The van der Waals surface area contributed by atoms with Gasteiger partial charge in [-0.1, -0.05) is 29.5 Å². The van der Waals surface area contributed by atoms with Crippen molar-refractivity contribution in [3.8, 4) is 28.6 Å². The number of ether oxygens (including phenoxy) is 3. The van der Waals surface area contributed by atoms with Crippen molar-refractivity contribution in [3.63, 3.8) is 0 Å². The lowest BCUT2D eigenvalue weighted by Gasteiger charge is -2.08. The lowest BCUT2D eigenvalue weighted by atomic mass is 10.2. The Bertz CT molecular complexity index is 1090. The minimum atomic E-state index is 0.379. The summed E-state index contributed by atoms with van der Waals surface area (Å²) in [5.74, 6) is 2.78. The normalized spacial score (nSPS) is 10.9. The second-order valence-electron chi connectivity index (χ2n) is 5.84. The van der Waals surface area contributed by atoms with Crippen LogP contribution in [0.3, 0.4) is 0 Å². The molecule has 0 spiro atoms. The molecule has 2 heterocycles. The molecule has 0 unspecified atom stereocenters. The molecule has 7 nitrogen and oxygen atoms in total. The molecule has 2 aromatic heterocycles. The Morgan fingerprint density at radius 1 is 0.963 bits per heavy atom. The molecule has 0 saturated heterocycles. The highest BCUT2D eigenvalue weighted by Gasteiger charge is 2.16. The summed E-state index contributed by atoms with van der Waals surface area (Å²) in [6.45, 7) is 2.40. The molecule has 4 aromatic rings. The van der Waals surface area contributed by atoms with Gasteiger partial charge in [0.05, 0.1) is 14.2 Å². The maximum absolute atomic E-state index is 5.88. The molecule has 0 saturated carbocycles. The zero-order chi connectivity index (χ0) is 18.8. The van der Waals surface area contributed by atoms with Gasteiger partial charge in [-0.25, -0.2) is 0 Å². The summed E-state index contributed by atoms with van der Waals surface area (Å²) >= 11 is 1.45. The van der Waals surface area contributed by atoms with Crippen molar-refractivity contribution < 1.29 is 14.2 Å². The highest BCUT2D eigenvalue weighted by molar-refractivity contribution is 7.16. The van der Waals surface area contributed by atoms with E-state index in [0.717, 1.165) is 21.9 Å². The van der Waals surface area contributed by atoms with Crippen LogP contribution >= 0.6 is 11.3 Å². The number of fused-ring (bicyclic) bond motifs is 1. The Labute approximate surface area is 160 Å². The average molecular weight is 382 g/mol. The van der Waals surface area contributed by atoms with Crippen molar-refractivity contribution >= 4 is 16.3 Å². The zero-order valence-electron chi connectivity index (χ0n) is 15.2. The van der Waals surface area contributed by atoms with Crippen molar-refractivity contribution in [2.45, 2.75) is 13.5 Å². The number of aryl methyl sites for hydroxylation is 1. The smallest absolute Gasteiger partial charge is 0.235 e. The summed E-state index contributed by atoms with van der Waals surface area (Å²) < 4.78 is 18.3. The number of hydrogen-bond acceptors (Lipinski definition) is 7. The van der Waals surface area contributed by atoms with Crippen LogP contribution in [0.2, 0.25) is 0 Å². The van der Waals surface area contributed by atoms with E-state index in [1.165, 1.54) is 11.3 Å². The Morgan fingerprint density at radius 2 is 1.78 bits per heavy atom. The van der Waals surface area contributed by atoms with Crippen LogP contribution in [0.25, 0.3) is 16.3 Å². The molecule has 0 radical (unpaired) electrons. The molecule has 0 amide bonds. The maximum atomic E-state index is 5.88. The second-order valence-corrected chi connectivity index (χ2v) is 6.88. The molecule has 0 aliphatic rings. The quantitative estimate of drug-likeness (QED) is 0.506. The van der Waals surface area contributed by atoms with E-state index in [9.17, 15) is 0 Å². The minimum absolute atomic E-state index is 0.379. The Kier molecular flexibility index (Phi) is 4.64. The van der Waals surface area contributed by atoms with Crippen LogP contribution in [0.5, 0.6) is 17.2 Å². The molecule has 4 rings (SSSR count). The summed E-state index contributed by atoms with van der Waals surface area (Å²) in [6, 6.07) is 13.5. The zero-order valence-corrected chi connectivity index (χ0v) is 16.0. The van der Waals surface area contributed by atoms with Crippen LogP contribution in [0.4, 0.5) is 0 Å². The van der Waals surface area contributed by atoms with E-state index < -0.39 is 0 Å². The van der Waals surface area contributed by atoms with Crippen molar-refractivity contribution in [1.29, 1.82) is 0 Å². The number of methoxy groups -OCH3 is 2. The molecular weight excluding hydrogens is 364 g/mol.